The lowest BCUT2D eigenvalue weighted by Crippen LogP contribution is -2.45. The van der Waals surface area contributed by atoms with Crippen molar-refractivity contribution in [3.05, 3.63) is 29.8 Å². The molecular formula is C20H32N2O3S. The lowest BCUT2D eigenvalue weighted by Gasteiger charge is -2.28. The van der Waals surface area contributed by atoms with Gasteiger partial charge in [0.1, 0.15) is 0 Å². The van der Waals surface area contributed by atoms with Gasteiger partial charge in [0.15, 0.2) is 0 Å². The smallest absolute Gasteiger partial charge is 0.243 e. The van der Waals surface area contributed by atoms with Crippen LogP contribution < -0.4 is 5.32 Å². The van der Waals surface area contributed by atoms with Gasteiger partial charge >= 0.3 is 0 Å². The Morgan fingerprint density at radius 1 is 1.08 bits per heavy atom. The second-order valence-electron chi connectivity index (χ2n) is 7.42. The summed E-state index contributed by atoms with van der Waals surface area (Å²) in [5.41, 5.74) is 0.830. The number of sulfonamides is 1. The minimum absolute atomic E-state index is 0.0428. The number of aryl methyl sites for hydroxylation is 1. The van der Waals surface area contributed by atoms with Gasteiger partial charge in [-0.05, 0) is 56.7 Å². The van der Waals surface area contributed by atoms with Gasteiger partial charge in [-0.25, -0.2) is 8.42 Å². The van der Waals surface area contributed by atoms with E-state index in [1.165, 1.54) is 0 Å². The molecule has 0 atom stereocenters. The molecule has 0 aromatic heterocycles. The number of nitrogens with zero attached hydrogens (tertiary/aromatic N) is 1. The highest BCUT2D eigenvalue weighted by Gasteiger charge is 2.26. The molecule has 1 amide bonds. The van der Waals surface area contributed by atoms with E-state index >= 15 is 0 Å². The monoisotopic (exact) mass is 380 g/mol. The van der Waals surface area contributed by atoms with Gasteiger partial charge in [-0.2, -0.15) is 4.31 Å². The van der Waals surface area contributed by atoms with Crippen molar-refractivity contribution in [2.75, 3.05) is 13.1 Å². The van der Waals surface area contributed by atoms with E-state index in [1.54, 1.807) is 16.4 Å². The topological polar surface area (TPSA) is 66.5 Å². The third-order valence-corrected chi connectivity index (χ3v) is 7.43. The molecule has 5 nitrogen and oxygen atoms in total. The van der Waals surface area contributed by atoms with Crippen molar-refractivity contribution in [2.45, 2.75) is 76.2 Å². The van der Waals surface area contributed by atoms with Crippen molar-refractivity contribution in [1.82, 2.24) is 9.62 Å². The molecule has 0 aliphatic carbocycles. The first-order valence-corrected chi connectivity index (χ1v) is 11.1. The largest absolute Gasteiger partial charge is 0.351 e. The van der Waals surface area contributed by atoms with Crippen LogP contribution in [0.3, 0.4) is 0 Å². The van der Waals surface area contributed by atoms with Crippen molar-refractivity contribution in [1.29, 1.82) is 0 Å². The molecule has 1 aromatic rings. The third-order valence-electron chi connectivity index (χ3n) is 5.52. The predicted molar refractivity (Wildman–Crippen MR) is 105 cm³/mol. The summed E-state index contributed by atoms with van der Waals surface area (Å²) in [5, 5.41) is 3.10. The molecule has 1 fully saturated rings. The van der Waals surface area contributed by atoms with Gasteiger partial charge in [-0.1, -0.05) is 32.4 Å². The van der Waals surface area contributed by atoms with Crippen LogP contribution in [0, 0.1) is 0 Å². The number of piperidine rings is 1. The number of rotatable bonds is 8. The van der Waals surface area contributed by atoms with Crippen LogP contribution in [0.15, 0.2) is 29.2 Å². The standard InChI is InChI=1S/C20H32N2O3S/c1-4-20(3,5-2)21-19(23)14-11-17-9-12-18(13-10-17)26(24,25)22-15-7-6-8-16-22/h9-10,12-13H,4-8,11,14-16H2,1-3H3,(H,21,23). The Hall–Kier alpha value is -1.40. The van der Waals surface area contributed by atoms with E-state index in [0.717, 1.165) is 37.7 Å². The van der Waals surface area contributed by atoms with Crippen molar-refractivity contribution in [2.24, 2.45) is 0 Å². The highest BCUT2D eigenvalue weighted by atomic mass is 32.2. The summed E-state index contributed by atoms with van der Waals surface area (Å²) in [6, 6.07) is 6.98. The highest BCUT2D eigenvalue weighted by Crippen LogP contribution is 2.21. The Bertz CT molecular complexity index is 688. The molecule has 0 saturated carbocycles. The normalized spacial score (nSPS) is 16.4. The van der Waals surface area contributed by atoms with E-state index < -0.39 is 10.0 Å². The van der Waals surface area contributed by atoms with Gasteiger partial charge in [0.25, 0.3) is 0 Å². The number of hydrogen-bond acceptors (Lipinski definition) is 3. The average Bonchev–Trinajstić information content (AvgIpc) is 2.67. The summed E-state index contributed by atoms with van der Waals surface area (Å²) in [4.78, 5) is 12.5. The van der Waals surface area contributed by atoms with E-state index in [9.17, 15) is 13.2 Å². The predicted octanol–water partition coefficient (Wildman–Crippen LogP) is 3.49. The number of carbonyl (C=O) groups excluding carboxylic acids is 1. The summed E-state index contributed by atoms with van der Waals surface area (Å²) in [5.74, 6) is 0.0428. The first-order valence-electron chi connectivity index (χ1n) is 9.71. The van der Waals surface area contributed by atoms with Crippen LogP contribution in [-0.4, -0.2) is 37.3 Å². The van der Waals surface area contributed by atoms with Crippen LogP contribution in [0.5, 0.6) is 0 Å². The number of carbonyl (C=O) groups is 1. The fourth-order valence-electron chi connectivity index (χ4n) is 3.17. The summed E-state index contributed by atoms with van der Waals surface area (Å²) in [6.45, 7) is 7.43. The molecule has 146 valence electrons. The van der Waals surface area contributed by atoms with Crippen LogP contribution in [-0.2, 0) is 21.2 Å². The maximum Gasteiger partial charge on any atom is 0.243 e. The summed E-state index contributed by atoms with van der Waals surface area (Å²) in [6.07, 6.45) is 5.79. The van der Waals surface area contributed by atoms with Crippen LogP contribution in [0.1, 0.15) is 64.9 Å². The quantitative estimate of drug-likeness (QED) is 0.751. The first-order chi connectivity index (χ1) is 12.3. The molecule has 0 radical (unpaired) electrons. The van der Waals surface area contributed by atoms with Crippen LogP contribution >= 0.6 is 0 Å². The molecule has 26 heavy (non-hydrogen) atoms. The Kier molecular flexibility index (Phi) is 7.24. The molecule has 6 heteroatoms. The summed E-state index contributed by atoms with van der Waals surface area (Å²) >= 11 is 0. The molecule has 1 aliphatic rings. The van der Waals surface area contributed by atoms with Gasteiger partial charge in [-0.15, -0.1) is 0 Å². The zero-order chi connectivity index (χ0) is 19.2. The zero-order valence-corrected chi connectivity index (χ0v) is 17.1. The summed E-state index contributed by atoms with van der Waals surface area (Å²) in [7, 11) is -3.39. The number of nitrogens with one attached hydrogen (secondary N) is 1. The van der Waals surface area contributed by atoms with Gasteiger partial charge < -0.3 is 5.32 Å². The van der Waals surface area contributed by atoms with Crippen molar-refractivity contribution in [3.8, 4) is 0 Å². The lowest BCUT2D eigenvalue weighted by atomic mass is 9.95. The fraction of sp³-hybridized carbons (Fsp3) is 0.650. The minimum atomic E-state index is -3.39. The molecule has 0 bridgehead atoms. The average molecular weight is 381 g/mol. The molecule has 0 spiro atoms. The van der Waals surface area contributed by atoms with Gasteiger partial charge in [-0.3, -0.25) is 4.79 Å². The van der Waals surface area contributed by atoms with Crippen molar-refractivity contribution >= 4 is 15.9 Å². The van der Waals surface area contributed by atoms with E-state index in [-0.39, 0.29) is 11.4 Å². The summed E-state index contributed by atoms with van der Waals surface area (Å²) < 4.78 is 26.9. The van der Waals surface area contributed by atoms with Crippen LogP contribution in [0.25, 0.3) is 0 Å². The molecular weight excluding hydrogens is 348 g/mol. The van der Waals surface area contributed by atoms with Crippen LogP contribution in [0.2, 0.25) is 0 Å². The van der Waals surface area contributed by atoms with E-state index in [1.807, 2.05) is 12.1 Å². The molecule has 1 heterocycles. The van der Waals surface area contributed by atoms with E-state index in [4.69, 9.17) is 0 Å². The van der Waals surface area contributed by atoms with Gasteiger partial charge in [0.05, 0.1) is 4.90 Å². The van der Waals surface area contributed by atoms with E-state index in [0.29, 0.717) is 30.8 Å². The SMILES string of the molecule is CCC(C)(CC)NC(=O)CCc1ccc(S(=O)(=O)N2CCCCC2)cc1. The molecule has 0 unspecified atom stereocenters. The van der Waals surface area contributed by atoms with Gasteiger partial charge in [0, 0.05) is 25.0 Å². The number of benzene rings is 1. The maximum atomic E-state index is 12.6. The molecule has 2 rings (SSSR count). The second-order valence-corrected chi connectivity index (χ2v) is 9.36. The van der Waals surface area contributed by atoms with E-state index in [2.05, 4.69) is 26.1 Å². The third kappa shape index (κ3) is 5.30. The molecule has 1 saturated heterocycles. The number of amides is 1. The van der Waals surface area contributed by atoms with Crippen molar-refractivity contribution < 1.29 is 13.2 Å². The lowest BCUT2D eigenvalue weighted by molar-refractivity contribution is -0.122. The Balaban J connectivity index is 1.94. The highest BCUT2D eigenvalue weighted by molar-refractivity contribution is 7.89. The molecule has 1 N–H and O–H groups in total. The Morgan fingerprint density at radius 3 is 2.19 bits per heavy atom. The molecule has 1 aromatic carbocycles. The Labute approximate surface area is 158 Å². The second kappa shape index (κ2) is 9.00. The number of hydrogen-bond donors (Lipinski definition) is 1. The van der Waals surface area contributed by atoms with Gasteiger partial charge in [0.2, 0.25) is 15.9 Å². The van der Waals surface area contributed by atoms with Crippen molar-refractivity contribution in [3.63, 3.8) is 0 Å². The maximum absolute atomic E-state index is 12.6. The first kappa shape index (κ1) is 20.9. The minimum Gasteiger partial charge on any atom is -0.351 e. The van der Waals surface area contributed by atoms with Crippen LogP contribution in [0.4, 0.5) is 0 Å². The molecule has 1 aliphatic heterocycles. The Morgan fingerprint density at radius 2 is 1.65 bits per heavy atom. The zero-order valence-electron chi connectivity index (χ0n) is 16.3. The fourth-order valence-corrected chi connectivity index (χ4v) is 4.68.